The number of anilines is 4. The topological polar surface area (TPSA) is 105 Å². The number of amides is 1. The molecule has 2 aromatic heterocycles. The average molecular weight is 389 g/mol. The first-order chi connectivity index (χ1) is 12.8. The number of hydrogen-bond acceptors (Lipinski definition) is 8. The van der Waals surface area contributed by atoms with Crippen LogP contribution in [-0.4, -0.2) is 35.0 Å². The Morgan fingerprint density at radius 3 is 2.78 bits per heavy atom. The van der Waals surface area contributed by atoms with Gasteiger partial charge in [0.15, 0.2) is 11.6 Å². The molecule has 1 aliphatic rings. The van der Waals surface area contributed by atoms with E-state index in [1.807, 2.05) is 13.8 Å². The number of methoxy groups -OCH3 is 1. The third-order valence-corrected chi connectivity index (χ3v) is 5.56. The molecule has 0 bridgehead atoms. The van der Waals surface area contributed by atoms with Crippen molar-refractivity contribution >= 4 is 45.5 Å². The van der Waals surface area contributed by atoms with E-state index >= 15 is 0 Å². The van der Waals surface area contributed by atoms with Crippen LogP contribution in [0.5, 0.6) is 0 Å². The molecule has 1 aliphatic heterocycles. The highest BCUT2D eigenvalue weighted by atomic mass is 32.1. The number of hydrogen-bond donors (Lipinski definition) is 3. The molecule has 3 rings (SSSR count). The number of carbonyl (C=O) groups excluding carboxylic acids is 2. The third kappa shape index (κ3) is 3.73. The Balaban J connectivity index is 1.94. The second kappa shape index (κ2) is 7.51. The van der Waals surface area contributed by atoms with Gasteiger partial charge in [0, 0.05) is 4.88 Å². The number of ether oxygens (including phenoxy) is 1. The first kappa shape index (κ1) is 19.1. The lowest BCUT2D eigenvalue weighted by atomic mass is 10.0. The molecule has 8 nitrogen and oxygen atoms in total. The fraction of sp³-hybridized carbons (Fsp3) is 0.444. The number of nitrogens with one attached hydrogen (secondary N) is 3. The van der Waals surface area contributed by atoms with Gasteiger partial charge in [-0.3, -0.25) is 4.79 Å². The van der Waals surface area contributed by atoms with Crippen molar-refractivity contribution in [3.63, 3.8) is 0 Å². The number of esters is 1. The van der Waals surface area contributed by atoms with E-state index < -0.39 is 5.97 Å². The molecule has 0 aliphatic carbocycles. The largest absolute Gasteiger partial charge is 0.465 e. The zero-order valence-corrected chi connectivity index (χ0v) is 16.8. The molecule has 0 fully saturated rings. The summed E-state index contributed by atoms with van der Waals surface area (Å²) in [6.07, 6.45) is 2.12. The molecule has 144 valence electrons. The molecule has 0 saturated heterocycles. The van der Waals surface area contributed by atoms with Gasteiger partial charge in [0.25, 0.3) is 0 Å². The summed E-state index contributed by atoms with van der Waals surface area (Å²) in [6.45, 7) is 7.94. The van der Waals surface area contributed by atoms with Gasteiger partial charge in [-0.25, -0.2) is 14.8 Å². The lowest BCUT2D eigenvalue weighted by Gasteiger charge is -2.27. The molecule has 27 heavy (non-hydrogen) atoms. The summed E-state index contributed by atoms with van der Waals surface area (Å²) >= 11 is 1.43. The van der Waals surface area contributed by atoms with Crippen molar-refractivity contribution < 1.29 is 14.3 Å². The monoisotopic (exact) mass is 389 g/mol. The Kier molecular flexibility index (Phi) is 5.31. The van der Waals surface area contributed by atoms with Gasteiger partial charge >= 0.3 is 5.97 Å². The minimum atomic E-state index is -0.415. The van der Waals surface area contributed by atoms with Crippen LogP contribution in [0.3, 0.4) is 0 Å². The second-order valence-electron chi connectivity index (χ2n) is 6.87. The molecule has 1 unspecified atom stereocenters. The number of nitrogens with zero attached hydrogens (tertiary/aromatic N) is 2. The van der Waals surface area contributed by atoms with Crippen LogP contribution in [0.2, 0.25) is 0 Å². The molecule has 1 amide bonds. The smallest absolute Gasteiger partial charge is 0.341 e. The Morgan fingerprint density at radius 2 is 2.11 bits per heavy atom. The highest BCUT2D eigenvalue weighted by Gasteiger charge is 2.30. The maximum atomic E-state index is 12.4. The number of carbonyl (C=O) groups is 2. The molecule has 0 radical (unpaired) electrons. The molecule has 2 aromatic rings. The van der Waals surface area contributed by atoms with E-state index in [2.05, 4.69) is 39.8 Å². The maximum absolute atomic E-state index is 12.4. The summed E-state index contributed by atoms with van der Waals surface area (Å²) in [7, 11) is 1.35. The Labute approximate surface area is 161 Å². The molecule has 9 heteroatoms. The number of thiophene rings is 1. The number of rotatable bonds is 5. The van der Waals surface area contributed by atoms with Crippen molar-refractivity contribution in [2.75, 3.05) is 23.1 Å². The quantitative estimate of drug-likeness (QED) is 0.673. The van der Waals surface area contributed by atoms with Gasteiger partial charge in [-0.05, 0) is 31.7 Å². The van der Waals surface area contributed by atoms with Gasteiger partial charge in [-0.1, -0.05) is 13.8 Å². The zero-order chi connectivity index (χ0) is 19.7. The van der Waals surface area contributed by atoms with E-state index in [0.29, 0.717) is 40.2 Å². The van der Waals surface area contributed by atoms with E-state index in [-0.39, 0.29) is 11.9 Å². The lowest BCUT2D eigenvalue weighted by molar-refractivity contribution is -0.117. The summed E-state index contributed by atoms with van der Waals surface area (Å²) < 4.78 is 4.90. The lowest BCUT2D eigenvalue weighted by Crippen LogP contribution is -2.40. The van der Waals surface area contributed by atoms with Crippen molar-refractivity contribution in [1.29, 1.82) is 0 Å². The summed E-state index contributed by atoms with van der Waals surface area (Å²) in [6, 6.07) is -0.336. The minimum Gasteiger partial charge on any atom is -0.465 e. The van der Waals surface area contributed by atoms with E-state index in [0.717, 1.165) is 10.4 Å². The van der Waals surface area contributed by atoms with E-state index in [4.69, 9.17) is 4.74 Å². The van der Waals surface area contributed by atoms with Gasteiger partial charge in [0.1, 0.15) is 23.1 Å². The molecule has 0 spiro atoms. The zero-order valence-electron chi connectivity index (χ0n) is 16.0. The highest BCUT2D eigenvalue weighted by Crippen LogP contribution is 2.38. The van der Waals surface area contributed by atoms with Crippen LogP contribution in [0.1, 0.15) is 41.1 Å². The summed E-state index contributed by atoms with van der Waals surface area (Å²) in [5.74, 6) is 0.814. The standard InChI is InChI=1S/C18H23N5O3S/c1-8(2)6-11-16(24)22-13-14(21-11)19-7-20-15(13)23-17-12(18(25)26-5)9(3)10(4)27-17/h7-8,11H,6H2,1-5H3,(H,22,24)(H2,19,20,21,23). The molecule has 0 aromatic carbocycles. The summed E-state index contributed by atoms with van der Waals surface area (Å²) in [4.78, 5) is 34.1. The highest BCUT2D eigenvalue weighted by molar-refractivity contribution is 7.16. The fourth-order valence-electron chi connectivity index (χ4n) is 2.96. The molecule has 3 N–H and O–H groups in total. The molecular weight excluding hydrogens is 366 g/mol. The third-order valence-electron chi connectivity index (χ3n) is 4.44. The van der Waals surface area contributed by atoms with Crippen LogP contribution in [0, 0.1) is 19.8 Å². The second-order valence-corrected chi connectivity index (χ2v) is 8.09. The van der Waals surface area contributed by atoms with Gasteiger partial charge in [0.2, 0.25) is 5.91 Å². The first-order valence-corrected chi connectivity index (χ1v) is 9.51. The Morgan fingerprint density at radius 1 is 1.37 bits per heavy atom. The SMILES string of the molecule is COC(=O)c1c(Nc2ncnc3c2NC(=O)C(CC(C)C)N3)sc(C)c1C. The van der Waals surface area contributed by atoms with Crippen molar-refractivity contribution in [2.45, 2.75) is 40.2 Å². The normalized spacial score (nSPS) is 15.8. The van der Waals surface area contributed by atoms with Gasteiger partial charge in [0.05, 0.1) is 12.7 Å². The first-order valence-electron chi connectivity index (χ1n) is 8.69. The Hall–Kier alpha value is -2.68. The fourth-order valence-corrected chi connectivity index (χ4v) is 4.00. The van der Waals surface area contributed by atoms with E-state index in [1.54, 1.807) is 0 Å². The summed E-state index contributed by atoms with van der Waals surface area (Å²) in [5.41, 5.74) is 1.80. The van der Waals surface area contributed by atoms with Gasteiger partial charge in [-0.15, -0.1) is 11.3 Å². The molecule has 0 saturated carbocycles. The predicted octanol–water partition coefficient (Wildman–Crippen LogP) is 3.46. The number of fused-ring (bicyclic) bond motifs is 1. The predicted molar refractivity (Wildman–Crippen MR) is 106 cm³/mol. The van der Waals surface area contributed by atoms with Gasteiger partial charge < -0.3 is 20.7 Å². The van der Waals surface area contributed by atoms with E-state index in [9.17, 15) is 9.59 Å². The Bertz CT molecular complexity index is 893. The summed E-state index contributed by atoms with van der Waals surface area (Å²) in [5, 5.41) is 9.85. The van der Waals surface area contributed by atoms with Crippen LogP contribution in [0.25, 0.3) is 0 Å². The minimum absolute atomic E-state index is 0.124. The van der Waals surface area contributed by atoms with Crippen LogP contribution < -0.4 is 16.0 Å². The van der Waals surface area contributed by atoms with Crippen molar-refractivity contribution in [1.82, 2.24) is 9.97 Å². The van der Waals surface area contributed by atoms with Crippen LogP contribution >= 0.6 is 11.3 Å². The maximum Gasteiger partial charge on any atom is 0.341 e. The molecule has 3 heterocycles. The van der Waals surface area contributed by atoms with Crippen molar-refractivity contribution in [3.8, 4) is 0 Å². The van der Waals surface area contributed by atoms with Crippen LogP contribution in [-0.2, 0) is 9.53 Å². The number of aryl methyl sites for hydroxylation is 1. The van der Waals surface area contributed by atoms with E-state index in [1.165, 1.54) is 24.8 Å². The van der Waals surface area contributed by atoms with Crippen LogP contribution in [0.4, 0.5) is 22.3 Å². The van der Waals surface area contributed by atoms with Crippen LogP contribution in [0.15, 0.2) is 6.33 Å². The number of aromatic nitrogens is 2. The average Bonchev–Trinajstić information content (AvgIpc) is 2.89. The van der Waals surface area contributed by atoms with Gasteiger partial charge in [-0.2, -0.15) is 0 Å². The van der Waals surface area contributed by atoms with Crippen molar-refractivity contribution in [2.24, 2.45) is 5.92 Å². The molecule has 1 atom stereocenters. The van der Waals surface area contributed by atoms with Crippen molar-refractivity contribution in [3.05, 3.63) is 22.3 Å². The molecular formula is C18H23N5O3S.